The molecule has 0 bridgehead atoms. The van der Waals surface area contributed by atoms with E-state index in [1.807, 2.05) is 0 Å². The fourth-order valence-electron chi connectivity index (χ4n) is 3.16. The Morgan fingerprint density at radius 1 is 1.14 bits per heavy atom. The molecule has 1 aromatic carbocycles. The van der Waals surface area contributed by atoms with Crippen molar-refractivity contribution in [2.75, 3.05) is 23.7 Å². The van der Waals surface area contributed by atoms with Crippen LogP contribution in [0.25, 0.3) is 0 Å². The number of hydrogen-bond donors (Lipinski definition) is 0. The van der Waals surface area contributed by atoms with Crippen molar-refractivity contribution >= 4 is 44.6 Å². The maximum Gasteiger partial charge on any atom is 0.306 e. The van der Waals surface area contributed by atoms with Crippen LogP contribution in [0, 0.1) is 0 Å². The topological polar surface area (TPSA) is 97.8 Å². The van der Waals surface area contributed by atoms with Crippen molar-refractivity contribution in [3.63, 3.8) is 0 Å². The van der Waals surface area contributed by atoms with Gasteiger partial charge in [0.25, 0.3) is 0 Å². The predicted octanol–water partition coefficient (Wildman–Crippen LogP) is 2.85. The zero-order valence-corrected chi connectivity index (χ0v) is 17.6. The highest BCUT2D eigenvalue weighted by Gasteiger charge is 2.25. The van der Waals surface area contributed by atoms with E-state index in [1.54, 1.807) is 35.7 Å². The number of sulfonamides is 1. The van der Waals surface area contributed by atoms with Gasteiger partial charge in [-0.3, -0.25) is 18.7 Å². The van der Waals surface area contributed by atoms with Gasteiger partial charge < -0.3 is 4.74 Å². The number of fused-ring (bicyclic) bond motifs is 1. The lowest BCUT2D eigenvalue weighted by Crippen LogP contribution is -2.34. The molecule has 0 radical (unpaired) electrons. The standard InChI is InChI=1S/C20H21NO6S2/c1-29(25,26)21-10-2-4-14-12-15(6-7-16(14)21)18(23)13-27-20(24)9-8-17(22)19-5-3-11-28-19/h3,5-7,11-12H,2,4,8-10,13H2,1H3. The fraction of sp³-hybridized carbons (Fsp3) is 0.350. The Labute approximate surface area is 173 Å². The molecule has 0 saturated heterocycles. The Balaban J connectivity index is 1.56. The van der Waals surface area contributed by atoms with Gasteiger partial charge >= 0.3 is 5.97 Å². The monoisotopic (exact) mass is 435 g/mol. The number of anilines is 1. The first-order valence-electron chi connectivity index (χ1n) is 9.12. The van der Waals surface area contributed by atoms with Crippen LogP contribution in [0.3, 0.4) is 0 Å². The zero-order valence-electron chi connectivity index (χ0n) is 15.9. The van der Waals surface area contributed by atoms with Gasteiger partial charge in [-0.15, -0.1) is 11.3 Å². The molecular formula is C20H21NO6S2. The van der Waals surface area contributed by atoms with Crippen LogP contribution in [0.4, 0.5) is 5.69 Å². The third kappa shape index (κ3) is 5.30. The summed E-state index contributed by atoms with van der Waals surface area (Å²) in [5.74, 6) is -1.11. The molecule has 0 atom stereocenters. The third-order valence-corrected chi connectivity index (χ3v) is 6.69. The highest BCUT2D eigenvalue weighted by atomic mass is 32.2. The molecule has 2 aromatic rings. The highest BCUT2D eigenvalue weighted by molar-refractivity contribution is 7.92. The van der Waals surface area contributed by atoms with Gasteiger partial charge in [0.2, 0.25) is 10.0 Å². The molecule has 0 aliphatic carbocycles. The van der Waals surface area contributed by atoms with Gasteiger partial charge in [-0.05, 0) is 48.1 Å². The van der Waals surface area contributed by atoms with Gasteiger partial charge in [0.05, 0.1) is 23.2 Å². The van der Waals surface area contributed by atoms with Gasteiger partial charge in [0, 0.05) is 18.5 Å². The van der Waals surface area contributed by atoms with Crippen molar-refractivity contribution in [1.82, 2.24) is 0 Å². The van der Waals surface area contributed by atoms with Crippen molar-refractivity contribution in [3.8, 4) is 0 Å². The van der Waals surface area contributed by atoms with Crippen LogP contribution >= 0.6 is 11.3 Å². The molecule has 1 aliphatic rings. The number of benzene rings is 1. The van der Waals surface area contributed by atoms with Gasteiger partial charge in [-0.1, -0.05) is 6.07 Å². The zero-order chi connectivity index (χ0) is 21.0. The van der Waals surface area contributed by atoms with Crippen molar-refractivity contribution in [3.05, 3.63) is 51.7 Å². The lowest BCUT2D eigenvalue weighted by Gasteiger charge is -2.29. The van der Waals surface area contributed by atoms with Crippen molar-refractivity contribution < 1.29 is 27.5 Å². The molecule has 29 heavy (non-hydrogen) atoms. The van der Waals surface area contributed by atoms with Crippen molar-refractivity contribution in [2.45, 2.75) is 25.7 Å². The molecule has 0 N–H and O–H groups in total. The fourth-order valence-corrected chi connectivity index (χ4v) is 4.85. The van der Waals surface area contributed by atoms with Crippen LogP contribution < -0.4 is 4.31 Å². The molecule has 0 unspecified atom stereocenters. The number of esters is 1. The van der Waals surface area contributed by atoms with Crippen LogP contribution in [-0.4, -0.2) is 45.4 Å². The van der Waals surface area contributed by atoms with E-state index in [0.29, 0.717) is 35.5 Å². The number of ether oxygens (including phenoxy) is 1. The summed E-state index contributed by atoms with van der Waals surface area (Å²) >= 11 is 1.31. The summed E-state index contributed by atoms with van der Waals surface area (Å²) in [6.45, 7) is 0.00152. The summed E-state index contributed by atoms with van der Waals surface area (Å²) in [4.78, 5) is 36.7. The number of carbonyl (C=O) groups excluding carboxylic acids is 3. The second-order valence-electron chi connectivity index (χ2n) is 6.77. The number of ketones is 2. The average Bonchev–Trinajstić information content (AvgIpc) is 3.23. The molecule has 0 saturated carbocycles. The van der Waals surface area contributed by atoms with Gasteiger partial charge in [0.1, 0.15) is 0 Å². The lowest BCUT2D eigenvalue weighted by atomic mass is 9.99. The van der Waals surface area contributed by atoms with Crippen LogP contribution in [0.15, 0.2) is 35.7 Å². The van der Waals surface area contributed by atoms with Gasteiger partial charge in [-0.2, -0.15) is 0 Å². The number of Topliss-reactive ketones (excluding diaryl/α,β-unsaturated/α-hetero) is 2. The average molecular weight is 436 g/mol. The second kappa shape index (κ2) is 8.87. The van der Waals surface area contributed by atoms with Crippen LogP contribution in [0.1, 0.15) is 44.9 Å². The minimum Gasteiger partial charge on any atom is -0.457 e. The van der Waals surface area contributed by atoms with E-state index in [-0.39, 0.29) is 24.4 Å². The van der Waals surface area contributed by atoms with Crippen LogP contribution in [-0.2, 0) is 26.0 Å². The van der Waals surface area contributed by atoms with E-state index in [0.717, 1.165) is 11.8 Å². The Hall–Kier alpha value is -2.52. The van der Waals surface area contributed by atoms with Crippen LogP contribution in [0.5, 0.6) is 0 Å². The van der Waals surface area contributed by atoms with Gasteiger partial charge in [0.15, 0.2) is 18.2 Å². The first kappa shape index (κ1) is 21.2. The molecule has 2 heterocycles. The molecule has 0 spiro atoms. The SMILES string of the molecule is CS(=O)(=O)N1CCCc2cc(C(=O)COC(=O)CCC(=O)c3cccs3)ccc21. The molecular weight excluding hydrogens is 414 g/mol. The summed E-state index contributed by atoms with van der Waals surface area (Å²) in [6, 6.07) is 8.28. The number of hydrogen-bond acceptors (Lipinski definition) is 7. The molecule has 154 valence electrons. The molecule has 1 aromatic heterocycles. The van der Waals surface area contributed by atoms with Gasteiger partial charge in [-0.25, -0.2) is 8.42 Å². The van der Waals surface area contributed by atoms with E-state index in [1.165, 1.54) is 15.6 Å². The predicted molar refractivity (Wildman–Crippen MR) is 110 cm³/mol. The number of aryl methyl sites for hydroxylation is 1. The Morgan fingerprint density at radius 3 is 2.62 bits per heavy atom. The van der Waals surface area contributed by atoms with E-state index < -0.39 is 22.6 Å². The molecule has 1 aliphatic heterocycles. The molecule has 0 fully saturated rings. The van der Waals surface area contributed by atoms with E-state index in [4.69, 9.17) is 4.74 Å². The Morgan fingerprint density at radius 2 is 1.93 bits per heavy atom. The number of thiophene rings is 1. The second-order valence-corrected chi connectivity index (χ2v) is 9.62. The Kier molecular flexibility index (Phi) is 6.49. The van der Waals surface area contributed by atoms with Crippen molar-refractivity contribution in [1.29, 1.82) is 0 Å². The quantitative estimate of drug-likeness (QED) is 0.467. The lowest BCUT2D eigenvalue weighted by molar-refractivity contribution is -0.142. The summed E-state index contributed by atoms with van der Waals surface area (Å²) in [6.07, 6.45) is 2.45. The normalized spacial score (nSPS) is 13.6. The van der Waals surface area contributed by atoms with E-state index in [2.05, 4.69) is 0 Å². The van der Waals surface area contributed by atoms with E-state index in [9.17, 15) is 22.8 Å². The molecule has 3 rings (SSSR count). The Bertz CT molecular complexity index is 1030. The third-order valence-electron chi connectivity index (χ3n) is 4.59. The highest BCUT2D eigenvalue weighted by Crippen LogP contribution is 2.30. The number of nitrogens with zero attached hydrogens (tertiary/aromatic N) is 1. The number of carbonyl (C=O) groups is 3. The largest absolute Gasteiger partial charge is 0.457 e. The first-order chi connectivity index (χ1) is 13.8. The smallest absolute Gasteiger partial charge is 0.306 e. The van der Waals surface area contributed by atoms with E-state index >= 15 is 0 Å². The minimum absolute atomic E-state index is 0.0354. The summed E-state index contributed by atoms with van der Waals surface area (Å²) < 4.78 is 30.2. The summed E-state index contributed by atoms with van der Waals surface area (Å²) in [7, 11) is -3.37. The maximum atomic E-state index is 12.4. The number of rotatable bonds is 8. The van der Waals surface area contributed by atoms with Crippen LogP contribution in [0.2, 0.25) is 0 Å². The molecule has 9 heteroatoms. The maximum absolute atomic E-state index is 12.4. The van der Waals surface area contributed by atoms with Crippen molar-refractivity contribution in [2.24, 2.45) is 0 Å². The first-order valence-corrected chi connectivity index (χ1v) is 11.8. The summed E-state index contributed by atoms with van der Waals surface area (Å²) in [5, 5.41) is 1.79. The summed E-state index contributed by atoms with van der Waals surface area (Å²) in [5.41, 5.74) is 1.72. The minimum atomic E-state index is -3.37. The molecule has 0 amide bonds. The molecule has 7 nitrogen and oxygen atoms in total.